The van der Waals surface area contributed by atoms with Crippen molar-refractivity contribution in [2.75, 3.05) is 13.1 Å². The summed E-state index contributed by atoms with van der Waals surface area (Å²) >= 11 is 6.02. The van der Waals surface area contributed by atoms with Crippen LogP contribution in [-0.2, 0) is 4.79 Å². The summed E-state index contributed by atoms with van der Waals surface area (Å²) in [6.07, 6.45) is 0. The van der Waals surface area contributed by atoms with Gasteiger partial charge in [-0.3, -0.25) is 9.59 Å². The second-order valence-corrected chi connectivity index (χ2v) is 5.72. The number of hydrogen-bond acceptors (Lipinski definition) is 2. The quantitative estimate of drug-likeness (QED) is 0.901. The number of carboxylic acids is 1. The lowest BCUT2D eigenvalue weighted by Crippen LogP contribution is -2.33. The topological polar surface area (TPSA) is 57.6 Å². The highest BCUT2D eigenvalue weighted by molar-refractivity contribution is 6.31. The van der Waals surface area contributed by atoms with Crippen molar-refractivity contribution >= 4 is 23.5 Å². The number of halogens is 1. The van der Waals surface area contributed by atoms with E-state index in [1.54, 1.807) is 23.1 Å². The van der Waals surface area contributed by atoms with E-state index in [4.69, 9.17) is 16.7 Å². The van der Waals surface area contributed by atoms with Crippen molar-refractivity contribution in [2.24, 2.45) is 17.8 Å². The highest BCUT2D eigenvalue weighted by Gasteiger charge is 2.60. The van der Waals surface area contributed by atoms with E-state index in [0.717, 1.165) is 5.56 Å². The van der Waals surface area contributed by atoms with E-state index in [0.29, 0.717) is 23.7 Å². The summed E-state index contributed by atoms with van der Waals surface area (Å²) in [6.45, 7) is 2.92. The number of piperidine rings is 1. The van der Waals surface area contributed by atoms with E-state index in [2.05, 4.69) is 0 Å². The third-order valence-corrected chi connectivity index (χ3v) is 4.67. The maximum absolute atomic E-state index is 12.4. The second-order valence-electron chi connectivity index (χ2n) is 5.31. The number of likely N-dealkylation sites (tertiary alicyclic amines) is 1. The largest absolute Gasteiger partial charge is 0.481 e. The zero-order valence-corrected chi connectivity index (χ0v) is 11.2. The Bertz CT molecular complexity index is 560. The standard InChI is InChI=1S/C14H14ClNO3/c1-7-8(3-2-4-11(7)15)13(17)16-5-9-10(6-16)12(9)14(18)19/h2-4,9-10,12H,5-6H2,1H3,(H,18,19)/t9-,10+,12?. The average molecular weight is 280 g/mol. The Labute approximate surface area is 116 Å². The fourth-order valence-corrected chi connectivity index (χ4v) is 3.24. The van der Waals surface area contributed by atoms with Crippen LogP contribution in [0.1, 0.15) is 15.9 Å². The molecule has 1 aliphatic heterocycles. The van der Waals surface area contributed by atoms with Crippen molar-refractivity contribution < 1.29 is 14.7 Å². The molecule has 1 N–H and O–H groups in total. The van der Waals surface area contributed by atoms with Gasteiger partial charge in [-0.25, -0.2) is 0 Å². The molecule has 0 bridgehead atoms. The van der Waals surface area contributed by atoms with Gasteiger partial charge in [-0.1, -0.05) is 17.7 Å². The molecule has 3 rings (SSSR count). The van der Waals surface area contributed by atoms with Crippen LogP contribution in [0, 0.1) is 24.7 Å². The Kier molecular flexibility index (Phi) is 2.78. The molecular formula is C14H14ClNO3. The van der Waals surface area contributed by atoms with Crippen LogP contribution >= 0.6 is 11.6 Å². The fourth-order valence-electron chi connectivity index (χ4n) is 3.07. The summed E-state index contributed by atoms with van der Waals surface area (Å²) in [5.74, 6) is -0.747. The molecule has 0 radical (unpaired) electrons. The maximum Gasteiger partial charge on any atom is 0.307 e. The van der Waals surface area contributed by atoms with Gasteiger partial charge in [0.15, 0.2) is 0 Å². The van der Waals surface area contributed by atoms with Crippen LogP contribution < -0.4 is 0 Å². The van der Waals surface area contributed by atoms with E-state index in [1.165, 1.54) is 0 Å². The molecule has 1 unspecified atom stereocenters. The molecule has 2 aliphatic rings. The third kappa shape index (κ3) is 1.91. The molecule has 1 aromatic carbocycles. The van der Waals surface area contributed by atoms with E-state index >= 15 is 0 Å². The minimum absolute atomic E-state index is 0.0451. The van der Waals surface area contributed by atoms with Crippen molar-refractivity contribution in [2.45, 2.75) is 6.92 Å². The van der Waals surface area contributed by atoms with Crippen LogP contribution in [-0.4, -0.2) is 35.0 Å². The van der Waals surface area contributed by atoms with Gasteiger partial charge in [0.2, 0.25) is 0 Å². The summed E-state index contributed by atoms with van der Waals surface area (Å²) in [4.78, 5) is 25.0. The van der Waals surface area contributed by atoms with Crippen LogP contribution in [0.4, 0.5) is 0 Å². The van der Waals surface area contributed by atoms with Crippen molar-refractivity contribution in [3.05, 3.63) is 34.3 Å². The molecule has 1 saturated carbocycles. The number of benzene rings is 1. The number of carboxylic acid groups (broad SMARTS) is 1. The molecule has 1 aliphatic carbocycles. The van der Waals surface area contributed by atoms with Gasteiger partial charge in [0.1, 0.15) is 0 Å². The average Bonchev–Trinajstić information content (AvgIpc) is 2.88. The predicted molar refractivity (Wildman–Crippen MR) is 70.2 cm³/mol. The first-order valence-corrected chi connectivity index (χ1v) is 6.65. The summed E-state index contributed by atoms with van der Waals surface area (Å²) in [5, 5.41) is 9.54. The Morgan fingerprint density at radius 2 is 1.95 bits per heavy atom. The number of fused-ring (bicyclic) bond motifs is 1. The summed E-state index contributed by atoms with van der Waals surface area (Å²) in [6, 6.07) is 5.29. The van der Waals surface area contributed by atoms with Crippen molar-refractivity contribution in [3.63, 3.8) is 0 Å². The molecule has 1 aromatic rings. The lowest BCUT2D eigenvalue weighted by Gasteiger charge is -2.20. The molecular weight excluding hydrogens is 266 g/mol. The SMILES string of the molecule is Cc1c(Cl)cccc1C(=O)N1C[C@@H]2C(C(=O)O)[C@@H]2C1. The van der Waals surface area contributed by atoms with Gasteiger partial charge < -0.3 is 10.0 Å². The molecule has 4 nitrogen and oxygen atoms in total. The number of amides is 1. The Morgan fingerprint density at radius 3 is 2.53 bits per heavy atom. The minimum Gasteiger partial charge on any atom is -0.481 e. The number of nitrogens with zero attached hydrogens (tertiary/aromatic N) is 1. The van der Waals surface area contributed by atoms with Gasteiger partial charge in [-0.05, 0) is 36.5 Å². The number of hydrogen-bond donors (Lipinski definition) is 1. The first-order valence-electron chi connectivity index (χ1n) is 6.28. The van der Waals surface area contributed by atoms with Gasteiger partial charge in [0.05, 0.1) is 5.92 Å². The molecule has 1 saturated heterocycles. The molecule has 3 atom stereocenters. The number of rotatable bonds is 2. The number of carbonyl (C=O) groups is 2. The van der Waals surface area contributed by atoms with Crippen LogP contribution in [0.5, 0.6) is 0 Å². The zero-order valence-electron chi connectivity index (χ0n) is 10.5. The van der Waals surface area contributed by atoms with Gasteiger partial charge in [0, 0.05) is 23.7 Å². The van der Waals surface area contributed by atoms with Gasteiger partial charge in [0.25, 0.3) is 5.91 Å². The van der Waals surface area contributed by atoms with Gasteiger partial charge in [-0.2, -0.15) is 0 Å². The van der Waals surface area contributed by atoms with Gasteiger partial charge >= 0.3 is 5.97 Å². The van der Waals surface area contributed by atoms with E-state index in [-0.39, 0.29) is 23.7 Å². The normalized spacial score (nSPS) is 28.1. The summed E-state index contributed by atoms with van der Waals surface area (Å²) < 4.78 is 0. The minimum atomic E-state index is -0.735. The van der Waals surface area contributed by atoms with Crippen molar-refractivity contribution in [1.29, 1.82) is 0 Å². The Balaban J connectivity index is 1.74. The lowest BCUT2D eigenvalue weighted by molar-refractivity contribution is -0.139. The monoisotopic (exact) mass is 279 g/mol. The Morgan fingerprint density at radius 1 is 1.32 bits per heavy atom. The predicted octanol–water partition coefficient (Wildman–Crippen LogP) is 2.05. The summed E-state index contributed by atoms with van der Waals surface area (Å²) in [5.41, 5.74) is 1.39. The molecule has 0 spiro atoms. The molecule has 0 aromatic heterocycles. The van der Waals surface area contributed by atoms with Crippen LogP contribution in [0.25, 0.3) is 0 Å². The van der Waals surface area contributed by atoms with Crippen molar-refractivity contribution in [3.8, 4) is 0 Å². The first kappa shape index (κ1) is 12.5. The lowest BCUT2D eigenvalue weighted by atomic mass is 10.1. The molecule has 100 valence electrons. The molecule has 5 heteroatoms. The van der Waals surface area contributed by atoms with Crippen LogP contribution in [0.15, 0.2) is 18.2 Å². The molecule has 1 amide bonds. The molecule has 19 heavy (non-hydrogen) atoms. The van der Waals surface area contributed by atoms with E-state index < -0.39 is 5.97 Å². The van der Waals surface area contributed by atoms with Crippen molar-refractivity contribution in [1.82, 2.24) is 4.90 Å². The van der Waals surface area contributed by atoms with E-state index in [1.807, 2.05) is 6.92 Å². The maximum atomic E-state index is 12.4. The highest BCUT2D eigenvalue weighted by Crippen LogP contribution is 2.52. The highest BCUT2D eigenvalue weighted by atomic mass is 35.5. The van der Waals surface area contributed by atoms with E-state index in [9.17, 15) is 9.59 Å². The van der Waals surface area contributed by atoms with Crippen LogP contribution in [0.2, 0.25) is 5.02 Å². The smallest absolute Gasteiger partial charge is 0.307 e. The summed E-state index contributed by atoms with van der Waals surface area (Å²) in [7, 11) is 0. The Hall–Kier alpha value is -1.55. The molecule has 2 fully saturated rings. The van der Waals surface area contributed by atoms with Crippen LogP contribution in [0.3, 0.4) is 0 Å². The zero-order chi connectivity index (χ0) is 13.7. The van der Waals surface area contributed by atoms with Gasteiger partial charge in [-0.15, -0.1) is 0 Å². The molecule has 1 heterocycles. The fraction of sp³-hybridized carbons (Fsp3) is 0.429. The second kappa shape index (κ2) is 4.23. The number of aliphatic carboxylic acids is 1. The first-order chi connectivity index (χ1) is 9.00. The third-order valence-electron chi connectivity index (χ3n) is 4.26. The number of carbonyl (C=O) groups excluding carboxylic acids is 1.